The number of ketones is 1. The van der Waals surface area contributed by atoms with Gasteiger partial charge in [-0.1, -0.05) is 24.3 Å². The highest BCUT2D eigenvalue weighted by atomic mass is 19.1. The van der Waals surface area contributed by atoms with Gasteiger partial charge in [0.15, 0.2) is 5.78 Å². The van der Waals surface area contributed by atoms with E-state index in [1.54, 1.807) is 45.0 Å². The number of likely N-dealkylation sites (N-methyl/N-ethyl adjacent to an activating group) is 1. The van der Waals surface area contributed by atoms with Gasteiger partial charge in [0, 0.05) is 24.6 Å². The van der Waals surface area contributed by atoms with Crippen molar-refractivity contribution in [2.75, 3.05) is 33.7 Å². The van der Waals surface area contributed by atoms with Crippen molar-refractivity contribution in [1.82, 2.24) is 9.80 Å². The molecule has 0 amide bonds. The highest BCUT2D eigenvalue weighted by Gasteiger charge is 2.39. The molecule has 32 heavy (non-hydrogen) atoms. The molecule has 1 aliphatic heterocycles. The predicted octanol–water partition coefficient (Wildman–Crippen LogP) is 3.83. The van der Waals surface area contributed by atoms with Crippen LogP contribution in [0.4, 0.5) is 4.39 Å². The molecule has 5 nitrogen and oxygen atoms in total. The molecule has 2 aromatic rings. The van der Waals surface area contributed by atoms with Gasteiger partial charge >= 0.3 is 0 Å². The number of rotatable bonds is 7. The molecule has 0 aromatic heterocycles. The molecule has 1 fully saturated rings. The summed E-state index contributed by atoms with van der Waals surface area (Å²) in [5.74, 6) is -0.753. The van der Waals surface area contributed by atoms with Crippen molar-refractivity contribution in [3.63, 3.8) is 0 Å². The Morgan fingerprint density at radius 2 is 1.94 bits per heavy atom. The molecule has 6 heteroatoms. The number of halogens is 1. The van der Waals surface area contributed by atoms with Gasteiger partial charge in [0.1, 0.15) is 11.6 Å². The van der Waals surface area contributed by atoms with Gasteiger partial charge in [-0.15, -0.1) is 0 Å². The first-order valence-corrected chi connectivity index (χ1v) is 11.2. The maximum Gasteiger partial charge on any atom is 0.167 e. The van der Waals surface area contributed by atoms with Crippen molar-refractivity contribution in [2.24, 2.45) is 5.92 Å². The van der Waals surface area contributed by atoms with Gasteiger partial charge in [0.2, 0.25) is 0 Å². The third kappa shape index (κ3) is 5.37. The van der Waals surface area contributed by atoms with Gasteiger partial charge in [-0.25, -0.2) is 4.39 Å². The van der Waals surface area contributed by atoms with E-state index >= 15 is 0 Å². The Morgan fingerprint density at radius 3 is 2.56 bits per heavy atom. The van der Waals surface area contributed by atoms with E-state index in [9.17, 15) is 19.4 Å². The smallest absolute Gasteiger partial charge is 0.167 e. The largest absolute Gasteiger partial charge is 0.508 e. The van der Waals surface area contributed by atoms with Gasteiger partial charge in [-0.05, 0) is 83.1 Å². The van der Waals surface area contributed by atoms with E-state index < -0.39 is 5.60 Å². The average molecular weight is 443 g/mol. The van der Waals surface area contributed by atoms with Crippen molar-refractivity contribution in [3.8, 4) is 5.75 Å². The Hall–Kier alpha value is -2.28. The van der Waals surface area contributed by atoms with E-state index in [1.807, 2.05) is 25.1 Å². The van der Waals surface area contributed by atoms with Crippen molar-refractivity contribution in [1.29, 1.82) is 0 Å². The molecule has 0 radical (unpaired) electrons. The lowest BCUT2D eigenvalue weighted by Crippen LogP contribution is -2.55. The van der Waals surface area contributed by atoms with Crippen LogP contribution in [0.15, 0.2) is 42.5 Å². The summed E-state index contributed by atoms with van der Waals surface area (Å²) < 4.78 is 14.3. The van der Waals surface area contributed by atoms with Crippen molar-refractivity contribution in [3.05, 3.63) is 65.0 Å². The number of nitrogens with zero attached hydrogens (tertiary/aromatic N) is 2. The minimum Gasteiger partial charge on any atom is -0.508 e. The van der Waals surface area contributed by atoms with Crippen LogP contribution in [0.1, 0.15) is 47.7 Å². The van der Waals surface area contributed by atoms with Crippen LogP contribution in [0.25, 0.3) is 0 Å². The summed E-state index contributed by atoms with van der Waals surface area (Å²) in [7, 11) is 3.89. The lowest BCUT2D eigenvalue weighted by Gasteiger charge is -2.43. The highest BCUT2D eigenvalue weighted by Crippen LogP contribution is 2.38. The first kappa shape index (κ1) is 24.4. The molecule has 0 bridgehead atoms. The van der Waals surface area contributed by atoms with E-state index in [2.05, 4.69) is 4.90 Å². The molecular formula is C26H35FN2O3. The second-order valence-electron chi connectivity index (χ2n) is 9.76. The molecule has 2 aromatic carbocycles. The molecule has 1 aliphatic rings. The number of Topliss-reactive ketones (excluding diaryl/α,β-unsaturated/α-hetero) is 1. The molecule has 2 N–H and O–H groups in total. The molecule has 1 heterocycles. The van der Waals surface area contributed by atoms with Crippen LogP contribution in [0, 0.1) is 18.7 Å². The van der Waals surface area contributed by atoms with Gasteiger partial charge in [0.25, 0.3) is 0 Å². The van der Waals surface area contributed by atoms with Crippen LogP contribution in [0.5, 0.6) is 5.75 Å². The summed E-state index contributed by atoms with van der Waals surface area (Å²) in [6.07, 6.45) is 0.714. The van der Waals surface area contributed by atoms with Crippen LogP contribution in [0.2, 0.25) is 0 Å². The van der Waals surface area contributed by atoms with Crippen LogP contribution in [0.3, 0.4) is 0 Å². The second kappa shape index (κ2) is 9.69. The zero-order valence-corrected chi connectivity index (χ0v) is 19.7. The minimum absolute atomic E-state index is 0.0519. The lowest BCUT2D eigenvalue weighted by atomic mass is 9.75. The zero-order valence-electron chi connectivity index (χ0n) is 19.7. The second-order valence-corrected chi connectivity index (χ2v) is 9.76. The molecule has 1 saturated heterocycles. The van der Waals surface area contributed by atoms with Crippen LogP contribution in [-0.4, -0.2) is 71.2 Å². The number of carbonyl (C=O) groups excluding carboxylic acids is 1. The van der Waals surface area contributed by atoms with Crippen molar-refractivity contribution >= 4 is 5.78 Å². The van der Waals surface area contributed by atoms with Crippen molar-refractivity contribution in [2.45, 2.75) is 44.8 Å². The zero-order chi connectivity index (χ0) is 23.6. The SMILES string of the molecule is Cc1c(F)cccc1[C@@H]1CCN(C[C@H](N(C)C)C(C)(C)O)C[C@H]1C(=O)c1cccc(O)c1. The van der Waals surface area contributed by atoms with Gasteiger partial charge in [0.05, 0.1) is 11.6 Å². The number of aromatic hydroxyl groups is 1. The summed E-state index contributed by atoms with van der Waals surface area (Å²) in [6.45, 7) is 7.25. The number of carbonyl (C=O) groups is 1. The van der Waals surface area contributed by atoms with Crippen LogP contribution >= 0.6 is 0 Å². The van der Waals surface area contributed by atoms with Gasteiger partial charge in [-0.3, -0.25) is 4.79 Å². The number of phenols is 1. The number of phenolic OH excluding ortho intramolecular Hbond substituents is 1. The normalized spacial score (nSPS) is 21.0. The Kier molecular flexibility index (Phi) is 7.38. The summed E-state index contributed by atoms with van der Waals surface area (Å²) in [6, 6.07) is 11.4. The number of hydrogen-bond acceptors (Lipinski definition) is 5. The topological polar surface area (TPSA) is 64.0 Å². The fourth-order valence-corrected chi connectivity index (χ4v) is 4.99. The molecule has 3 rings (SSSR count). The lowest BCUT2D eigenvalue weighted by molar-refractivity contribution is -0.0223. The number of aliphatic hydroxyl groups is 1. The maximum absolute atomic E-state index is 14.3. The average Bonchev–Trinajstić information content (AvgIpc) is 2.72. The van der Waals surface area contributed by atoms with E-state index in [-0.39, 0.29) is 35.2 Å². The quantitative estimate of drug-likeness (QED) is 0.638. The molecule has 3 atom stereocenters. The van der Waals surface area contributed by atoms with E-state index in [0.29, 0.717) is 30.6 Å². The minimum atomic E-state index is -0.899. The maximum atomic E-state index is 14.3. The predicted molar refractivity (Wildman–Crippen MR) is 125 cm³/mol. The molecule has 0 spiro atoms. The Morgan fingerprint density at radius 1 is 1.25 bits per heavy atom. The van der Waals surface area contributed by atoms with E-state index in [4.69, 9.17) is 0 Å². The molecule has 0 saturated carbocycles. The fourth-order valence-electron chi connectivity index (χ4n) is 4.99. The Balaban J connectivity index is 1.94. The molecule has 0 unspecified atom stereocenters. The van der Waals surface area contributed by atoms with Crippen molar-refractivity contribution < 1.29 is 19.4 Å². The Labute approximate surface area is 190 Å². The van der Waals surface area contributed by atoms with E-state index in [1.165, 1.54) is 12.1 Å². The van der Waals surface area contributed by atoms with E-state index in [0.717, 1.165) is 12.1 Å². The van der Waals surface area contributed by atoms with Gasteiger partial charge < -0.3 is 20.0 Å². The summed E-state index contributed by atoms with van der Waals surface area (Å²) >= 11 is 0. The molecule has 0 aliphatic carbocycles. The van der Waals surface area contributed by atoms with Gasteiger partial charge in [-0.2, -0.15) is 0 Å². The first-order valence-electron chi connectivity index (χ1n) is 11.2. The summed E-state index contributed by atoms with van der Waals surface area (Å²) in [5, 5.41) is 20.6. The molecule has 174 valence electrons. The van der Waals surface area contributed by atoms with Crippen LogP contribution < -0.4 is 0 Å². The number of benzene rings is 2. The monoisotopic (exact) mass is 442 g/mol. The standard InChI is InChI=1S/C26H35FN2O3/c1-17-20(10-7-11-23(17)27)21-12-13-29(16-24(28(4)5)26(2,3)32)15-22(21)25(31)18-8-6-9-19(30)14-18/h6-11,14,21-22,24,30,32H,12-13,15-16H2,1-5H3/t21-,22+,24-/m0/s1. The summed E-state index contributed by atoms with van der Waals surface area (Å²) in [5.41, 5.74) is 1.02. The number of likely N-dealkylation sites (tertiary alicyclic amines) is 1. The third-order valence-electron chi connectivity index (χ3n) is 6.74. The highest BCUT2D eigenvalue weighted by molar-refractivity contribution is 5.99. The fraction of sp³-hybridized carbons (Fsp3) is 0.500. The molecular weight excluding hydrogens is 407 g/mol. The number of hydrogen-bond donors (Lipinski definition) is 2. The Bertz CT molecular complexity index is 954. The summed E-state index contributed by atoms with van der Waals surface area (Å²) in [4.78, 5) is 17.8. The first-order chi connectivity index (χ1) is 15.0. The number of piperidine rings is 1. The third-order valence-corrected chi connectivity index (χ3v) is 6.74. The van der Waals surface area contributed by atoms with Crippen LogP contribution in [-0.2, 0) is 0 Å².